The van der Waals surface area contributed by atoms with Crippen molar-refractivity contribution in [3.05, 3.63) is 40.9 Å². The van der Waals surface area contributed by atoms with Crippen LogP contribution in [0.15, 0.2) is 35.3 Å². The summed E-state index contributed by atoms with van der Waals surface area (Å²) in [6.45, 7) is 4.13. The monoisotopic (exact) mass is 446 g/mol. The van der Waals surface area contributed by atoms with Crippen LogP contribution in [-0.2, 0) is 11.3 Å². The predicted octanol–water partition coefficient (Wildman–Crippen LogP) is 3.05. The number of aliphatic imine (C=N–C) groups is 1. The fourth-order valence-corrected chi connectivity index (χ4v) is 2.96. The summed E-state index contributed by atoms with van der Waals surface area (Å²) in [6, 6.07) is 10.3. The van der Waals surface area contributed by atoms with E-state index in [4.69, 9.17) is 4.74 Å². The Labute approximate surface area is 158 Å². The van der Waals surface area contributed by atoms with Gasteiger partial charge in [0.15, 0.2) is 5.96 Å². The molecule has 1 aromatic heterocycles. The number of benzene rings is 1. The highest BCUT2D eigenvalue weighted by molar-refractivity contribution is 14.0. The van der Waals surface area contributed by atoms with E-state index in [1.54, 1.807) is 25.5 Å². The number of nitrogens with one attached hydrogen (secondary N) is 2. The van der Waals surface area contributed by atoms with E-state index in [0.29, 0.717) is 13.2 Å². The van der Waals surface area contributed by atoms with E-state index in [-0.39, 0.29) is 24.0 Å². The maximum Gasteiger partial charge on any atom is 0.191 e. The molecule has 2 rings (SSSR count). The number of ether oxygens (including phenoxy) is 1. The summed E-state index contributed by atoms with van der Waals surface area (Å²) >= 11 is 1.71. The molecule has 1 heterocycles. The highest BCUT2D eigenvalue weighted by atomic mass is 127. The first-order chi connectivity index (χ1) is 10.7. The maximum atomic E-state index is 5.02. The Morgan fingerprint density at radius 1 is 1.26 bits per heavy atom. The maximum absolute atomic E-state index is 5.02. The first-order valence-electron chi connectivity index (χ1n) is 7.19. The molecule has 126 valence electrons. The zero-order valence-electron chi connectivity index (χ0n) is 13.6. The Kier molecular flexibility index (Phi) is 9.12. The lowest BCUT2D eigenvalue weighted by Crippen LogP contribution is -2.38. The van der Waals surface area contributed by atoms with Crippen LogP contribution in [0.1, 0.15) is 10.6 Å². The number of halogens is 1. The van der Waals surface area contributed by atoms with Crippen molar-refractivity contribution in [1.82, 2.24) is 15.6 Å². The lowest BCUT2D eigenvalue weighted by molar-refractivity contribution is 0.203. The second kappa shape index (κ2) is 10.6. The summed E-state index contributed by atoms with van der Waals surface area (Å²) in [5.74, 6) is 0.770. The van der Waals surface area contributed by atoms with E-state index < -0.39 is 0 Å². The number of hydrogen-bond donors (Lipinski definition) is 2. The molecule has 0 atom stereocenters. The largest absolute Gasteiger partial charge is 0.383 e. The fraction of sp³-hybridized carbons (Fsp3) is 0.375. The summed E-state index contributed by atoms with van der Waals surface area (Å²) < 4.78 is 5.02. The van der Waals surface area contributed by atoms with Gasteiger partial charge in [-0.1, -0.05) is 30.3 Å². The summed E-state index contributed by atoms with van der Waals surface area (Å²) in [5, 5.41) is 7.55. The lowest BCUT2D eigenvalue weighted by atomic mass is 10.2. The molecule has 7 heteroatoms. The van der Waals surface area contributed by atoms with Gasteiger partial charge in [0.2, 0.25) is 0 Å². The summed E-state index contributed by atoms with van der Waals surface area (Å²) in [7, 11) is 3.45. The van der Waals surface area contributed by atoms with E-state index >= 15 is 0 Å². The van der Waals surface area contributed by atoms with Gasteiger partial charge in [-0.25, -0.2) is 4.98 Å². The van der Waals surface area contributed by atoms with Crippen LogP contribution < -0.4 is 10.6 Å². The van der Waals surface area contributed by atoms with Crippen molar-refractivity contribution in [3.8, 4) is 10.6 Å². The Balaban J connectivity index is 0.00000264. The quantitative estimate of drug-likeness (QED) is 0.310. The van der Waals surface area contributed by atoms with Gasteiger partial charge in [0.25, 0.3) is 0 Å². The molecule has 0 fully saturated rings. The van der Waals surface area contributed by atoms with Crippen molar-refractivity contribution in [2.24, 2.45) is 4.99 Å². The zero-order valence-corrected chi connectivity index (χ0v) is 16.8. The third-order valence-electron chi connectivity index (χ3n) is 3.15. The minimum Gasteiger partial charge on any atom is -0.383 e. The molecule has 0 saturated heterocycles. The van der Waals surface area contributed by atoms with Gasteiger partial charge in [-0.2, -0.15) is 0 Å². The molecule has 1 aromatic carbocycles. The molecular formula is C16H23IN4OS. The summed E-state index contributed by atoms with van der Waals surface area (Å²) in [4.78, 5) is 10.1. The standard InChI is InChI=1S/C16H22N4OS.HI/c1-12-14(11-19-16(17-2)18-9-10-21-3)22-15(20-12)13-7-5-4-6-8-13;/h4-8H,9-11H2,1-3H3,(H2,17,18,19);1H. The van der Waals surface area contributed by atoms with E-state index in [9.17, 15) is 0 Å². The van der Waals surface area contributed by atoms with Crippen LogP contribution in [-0.4, -0.2) is 38.3 Å². The van der Waals surface area contributed by atoms with Crippen molar-refractivity contribution in [1.29, 1.82) is 0 Å². The number of thiazole rings is 1. The highest BCUT2D eigenvalue weighted by Crippen LogP contribution is 2.27. The predicted molar refractivity (Wildman–Crippen MR) is 108 cm³/mol. The van der Waals surface area contributed by atoms with Gasteiger partial charge in [-0.05, 0) is 6.92 Å². The van der Waals surface area contributed by atoms with E-state index in [1.807, 2.05) is 25.1 Å². The molecule has 0 saturated carbocycles. The minimum absolute atomic E-state index is 0. The molecule has 0 spiro atoms. The van der Waals surface area contributed by atoms with Gasteiger partial charge in [-0.3, -0.25) is 4.99 Å². The number of rotatable bonds is 6. The number of hydrogen-bond acceptors (Lipinski definition) is 4. The Morgan fingerprint density at radius 2 is 2.00 bits per heavy atom. The SMILES string of the molecule is CN=C(NCCOC)NCc1sc(-c2ccccc2)nc1C.I. The molecule has 0 unspecified atom stereocenters. The molecule has 2 aromatic rings. The smallest absolute Gasteiger partial charge is 0.191 e. The molecule has 23 heavy (non-hydrogen) atoms. The minimum atomic E-state index is 0. The molecule has 0 bridgehead atoms. The molecule has 0 radical (unpaired) electrons. The number of aromatic nitrogens is 1. The highest BCUT2D eigenvalue weighted by Gasteiger charge is 2.09. The third-order valence-corrected chi connectivity index (χ3v) is 4.36. The van der Waals surface area contributed by atoms with Crippen LogP contribution in [0.3, 0.4) is 0 Å². The van der Waals surface area contributed by atoms with Gasteiger partial charge in [0.1, 0.15) is 5.01 Å². The van der Waals surface area contributed by atoms with Gasteiger partial charge in [-0.15, -0.1) is 35.3 Å². The van der Waals surface area contributed by atoms with Gasteiger partial charge < -0.3 is 15.4 Å². The summed E-state index contributed by atoms with van der Waals surface area (Å²) in [6.07, 6.45) is 0. The van der Waals surface area contributed by atoms with Crippen molar-refractivity contribution in [2.75, 3.05) is 27.3 Å². The third kappa shape index (κ3) is 6.08. The Bertz CT molecular complexity index is 616. The first kappa shape index (κ1) is 19.9. The zero-order chi connectivity index (χ0) is 15.8. The van der Waals surface area contributed by atoms with Crippen LogP contribution >= 0.6 is 35.3 Å². The van der Waals surface area contributed by atoms with Crippen molar-refractivity contribution in [2.45, 2.75) is 13.5 Å². The molecular weight excluding hydrogens is 423 g/mol. The van der Waals surface area contributed by atoms with Crippen LogP contribution in [0.4, 0.5) is 0 Å². The van der Waals surface area contributed by atoms with Crippen LogP contribution in [0.5, 0.6) is 0 Å². The van der Waals surface area contributed by atoms with E-state index in [1.165, 1.54) is 4.88 Å². The van der Waals surface area contributed by atoms with Crippen LogP contribution in [0.2, 0.25) is 0 Å². The molecule has 5 nitrogen and oxygen atoms in total. The molecule has 0 aliphatic heterocycles. The Hall–Kier alpha value is -1.19. The molecule has 0 aliphatic carbocycles. The molecule has 0 aliphatic rings. The van der Waals surface area contributed by atoms with Gasteiger partial charge in [0, 0.05) is 31.1 Å². The van der Waals surface area contributed by atoms with E-state index in [2.05, 4.69) is 32.7 Å². The van der Waals surface area contributed by atoms with Crippen molar-refractivity contribution >= 4 is 41.3 Å². The average Bonchev–Trinajstić information content (AvgIpc) is 2.93. The number of nitrogens with zero attached hydrogens (tertiary/aromatic N) is 2. The molecule has 2 N–H and O–H groups in total. The van der Waals surface area contributed by atoms with Gasteiger partial charge >= 0.3 is 0 Å². The second-order valence-corrected chi connectivity index (χ2v) is 5.82. The first-order valence-corrected chi connectivity index (χ1v) is 8.01. The average molecular weight is 446 g/mol. The van der Waals surface area contributed by atoms with Crippen molar-refractivity contribution in [3.63, 3.8) is 0 Å². The topological polar surface area (TPSA) is 58.5 Å². The lowest BCUT2D eigenvalue weighted by Gasteiger charge is -2.10. The van der Waals surface area contributed by atoms with E-state index in [0.717, 1.165) is 28.8 Å². The normalized spacial score (nSPS) is 11.0. The Morgan fingerprint density at radius 3 is 2.65 bits per heavy atom. The second-order valence-electron chi connectivity index (χ2n) is 4.74. The van der Waals surface area contributed by atoms with Crippen molar-refractivity contribution < 1.29 is 4.74 Å². The number of aryl methyl sites for hydroxylation is 1. The number of guanidine groups is 1. The van der Waals surface area contributed by atoms with Crippen LogP contribution in [0.25, 0.3) is 10.6 Å². The molecule has 0 amide bonds. The summed E-state index contributed by atoms with van der Waals surface area (Å²) in [5.41, 5.74) is 2.22. The number of methoxy groups -OCH3 is 1. The van der Waals surface area contributed by atoms with Crippen LogP contribution in [0, 0.1) is 6.92 Å². The van der Waals surface area contributed by atoms with Gasteiger partial charge in [0.05, 0.1) is 18.8 Å². The fourth-order valence-electron chi connectivity index (χ4n) is 1.95.